The summed E-state index contributed by atoms with van der Waals surface area (Å²) in [7, 11) is 0. The van der Waals surface area contributed by atoms with Gasteiger partial charge in [-0.2, -0.15) is 0 Å². The van der Waals surface area contributed by atoms with E-state index < -0.39 is 17.9 Å². The third-order valence-electron chi connectivity index (χ3n) is 1.79. The van der Waals surface area contributed by atoms with Gasteiger partial charge in [-0.15, -0.1) is 0 Å². The molecule has 1 aromatic carbocycles. The van der Waals surface area contributed by atoms with Crippen LogP contribution in [0.4, 0.5) is 10.5 Å². The summed E-state index contributed by atoms with van der Waals surface area (Å²) in [6, 6.07) is 4.36. The largest absolute Gasteiger partial charge is 0.478 e. The Morgan fingerprint density at radius 1 is 1.16 bits per heavy atom. The lowest BCUT2D eigenvalue weighted by atomic mass is 10.3. The Labute approximate surface area is 125 Å². The van der Waals surface area contributed by atoms with Crippen molar-refractivity contribution in [2.24, 2.45) is 0 Å². The molecule has 0 radical (unpaired) electrons. The summed E-state index contributed by atoms with van der Waals surface area (Å²) in [5.41, 5.74) is 0.460. The highest BCUT2D eigenvalue weighted by atomic mass is 79.9. The number of benzene rings is 1. The smallest absolute Gasteiger partial charge is 0.328 e. The lowest BCUT2D eigenvalue weighted by Crippen LogP contribution is -2.33. The molecule has 6 nitrogen and oxygen atoms in total. The monoisotopic (exact) mass is 390 g/mol. The van der Waals surface area contributed by atoms with Gasteiger partial charge in [0.2, 0.25) is 0 Å². The van der Waals surface area contributed by atoms with Crippen molar-refractivity contribution in [1.82, 2.24) is 5.32 Å². The summed E-state index contributed by atoms with van der Waals surface area (Å²) < 4.78 is 1.39. The van der Waals surface area contributed by atoms with E-state index in [0.717, 1.165) is 10.5 Å². The van der Waals surface area contributed by atoms with Gasteiger partial charge in [-0.25, -0.2) is 9.59 Å². The Kier molecular flexibility index (Phi) is 5.71. The third kappa shape index (κ3) is 5.66. The van der Waals surface area contributed by atoms with E-state index >= 15 is 0 Å². The van der Waals surface area contributed by atoms with E-state index in [1.54, 1.807) is 18.2 Å². The van der Waals surface area contributed by atoms with Crippen LogP contribution in [0, 0.1) is 0 Å². The molecule has 0 spiro atoms. The minimum Gasteiger partial charge on any atom is -0.478 e. The summed E-state index contributed by atoms with van der Waals surface area (Å²) in [5, 5.41) is 12.7. The first-order valence-corrected chi connectivity index (χ1v) is 6.45. The van der Waals surface area contributed by atoms with E-state index in [1.165, 1.54) is 0 Å². The number of carboxylic acid groups (broad SMARTS) is 1. The zero-order valence-corrected chi connectivity index (χ0v) is 12.5. The van der Waals surface area contributed by atoms with Crippen molar-refractivity contribution in [3.05, 3.63) is 39.3 Å². The maximum absolute atomic E-state index is 11.5. The fourth-order valence-electron chi connectivity index (χ4n) is 1.05. The number of amides is 3. The van der Waals surface area contributed by atoms with E-state index in [9.17, 15) is 14.4 Å². The molecular formula is C11H8Br2N2O4. The minimum atomic E-state index is -1.27. The van der Waals surface area contributed by atoms with Crippen LogP contribution in [0.5, 0.6) is 0 Å². The van der Waals surface area contributed by atoms with Crippen LogP contribution in [0.25, 0.3) is 0 Å². The van der Waals surface area contributed by atoms with Crippen LogP contribution in [0.1, 0.15) is 0 Å². The second kappa shape index (κ2) is 7.05. The van der Waals surface area contributed by atoms with Crippen LogP contribution >= 0.6 is 31.9 Å². The topological polar surface area (TPSA) is 95.5 Å². The maximum atomic E-state index is 11.5. The van der Waals surface area contributed by atoms with Crippen LogP contribution < -0.4 is 10.6 Å². The molecule has 1 aromatic rings. The van der Waals surface area contributed by atoms with Crippen molar-refractivity contribution >= 4 is 55.5 Å². The molecule has 8 heteroatoms. The van der Waals surface area contributed by atoms with Gasteiger partial charge in [0.25, 0.3) is 5.91 Å². The predicted molar refractivity (Wildman–Crippen MR) is 75.8 cm³/mol. The number of anilines is 1. The summed E-state index contributed by atoms with van der Waals surface area (Å²) in [6.07, 6.45) is 1.38. The second-order valence-corrected chi connectivity index (χ2v) is 5.01. The first-order chi connectivity index (χ1) is 8.88. The fraction of sp³-hybridized carbons (Fsp3) is 0. The molecule has 0 unspecified atom stereocenters. The Morgan fingerprint density at radius 3 is 2.47 bits per heavy atom. The first kappa shape index (κ1) is 15.4. The average molecular weight is 392 g/mol. The van der Waals surface area contributed by atoms with E-state index in [-0.39, 0.29) is 0 Å². The summed E-state index contributed by atoms with van der Waals surface area (Å²) in [6.45, 7) is 0. The highest BCUT2D eigenvalue weighted by Gasteiger charge is 2.08. The lowest BCUT2D eigenvalue weighted by molar-refractivity contribution is -0.131. The molecule has 0 heterocycles. The molecule has 0 fully saturated rings. The van der Waals surface area contributed by atoms with E-state index in [2.05, 4.69) is 37.2 Å². The van der Waals surface area contributed by atoms with E-state index in [1.807, 2.05) is 5.32 Å². The van der Waals surface area contributed by atoms with Crippen molar-refractivity contribution in [3.63, 3.8) is 0 Å². The number of carboxylic acids is 1. The number of carbonyl (C=O) groups excluding carboxylic acids is 2. The van der Waals surface area contributed by atoms with Crippen LogP contribution in [-0.4, -0.2) is 23.0 Å². The van der Waals surface area contributed by atoms with Crippen LogP contribution in [0.15, 0.2) is 39.3 Å². The standard InChI is InChI=1S/C11H8Br2N2O4/c12-6-1-2-7(13)8(5-6)14-11(19)15-9(16)3-4-10(17)18/h1-5H,(H,17,18)(H2,14,15,16,19). The molecule has 0 saturated heterocycles. The Balaban J connectivity index is 2.63. The van der Waals surface area contributed by atoms with Gasteiger partial charge in [-0.3, -0.25) is 10.1 Å². The number of urea groups is 1. The quantitative estimate of drug-likeness (QED) is 0.689. The summed E-state index contributed by atoms with van der Waals surface area (Å²) in [4.78, 5) is 32.8. The third-order valence-corrected chi connectivity index (χ3v) is 2.98. The Bertz CT molecular complexity index is 558. The Morgan fingerprint density at radius 2 is 1.84 bits per heavy atom. The van der Waals surface area contributed by atoms with Crippen molar-refractivity contribution in [2.45, 2.75) is 0 Å². The first-order valence-electron chi connectivity index (χ1n) is 4.86. The zero-order chi connectivity index (χ0) is 14.4. The molecule has 19 heavy (non-hydrogen) atoms. The molecule has 1 rings (SSSR count). The number of rotatable bonds is 3. The van der Waals surface area contributed by atoms with Gasteiger partial charge in [0.05, 0.1) is 5.69 Å². The van der Waals surface area contributed by atoms with E-state index in [0.29, 0.717) is 16.2 Å². The molecule has 3 amide bonds. The number of nitrogens with one attached hydrogen (secondary N) is 2. The summed E-state index contributed by atoms with van der Waals surface area (Å²) in [5.74, 6) is -2.10. The molecule has 0 bridgehead atoms. The van der Waals surface area contributed by atoms with Gasteiger partial charge in [0, 0.05) is 21.1 Å². The number of halogens is 2. The maximum Gasteiger partial charge on any atom is 0.328 e. The van der Waals surface area contributed by atoms with Gasteiger partial charge in [-0.1, -0.05) is 15.9 Å². The SMILES string of the molecule is O=C(O)C=CC(=O)NC(=O)Nc1cc(Br)ccc1Br. The normalized spacial score (nSPS) is 10.2. The molecule has 0 aliphatic carbocycles. The predicted octanol–water partition coefficient (Wildman–Crippen LogP) is 2.50. The fourth-order valence-corrected chi connectivity index (χ4v) is 1.75. The highest BCUT2D eigenvalue weighted by Crippen LogP contribution is 2.25. The molecule has 0 aliphatic heterocycles. The highest BCUT2D eigenvalue weighted by molar-refractivity contribution is 9.11. The second-order valence-electron chi connectivity index (χ2n) is 3.24. The number of hydrogen-bond donors (Lipinski definition) is 3. The van der Waals surface area contributed by atoms with Gasteiger partial charge >= 0.3 is 12.0 Å². The van der Waals surface area contributed by atoms with Crippen molar-refractivity contribution < 1.29 is 19.5 Å². The van der Waals surface area contributed by atoms with Gasteiger partial charge in [0.15, 0.2) is 0 Å². The average Bonchev–Trinajstić information content (AvgIpc) is 2.31. The zero-order valence-electron chi connectivity index (χ0n) is 9.31. The molecule has 3 N–H and O–H groups in total. The minimum absolute atomic E-state index is 0.460. The van der Waals surface area contributed by atoms with Crippen LogP contribution in [-0.2, 0) is 9.59 Å². The number of hydrogen-bond acceptors (Lipinski definition) is 3. The molecule has 0 aromatic heterocycles. The van der Waals surface area contributed by atoms with Gasteiger partial charge in [0.1, 0.15) is 0 Å². The Hall–Kier alpha value is -1.67. The lowest BCUT2D eigenvalue weighted by Gasteiger charge is -2.07. The van der Waals surface area contributed by atoms with Crippen LogP contribution in [0.3, 0.4) is 0 Å². The molecule has 0 aliphatic rings. The number of imide groups is 1. The van der Waals surface area contributed by atoms with E-state index in [4.69, 9.17) is 5.11 Å². The number of aliphatic carboxylic acids is 1. The van der Waals surface area contributed by atoms with Gasteiger partial charge < -0.3 is 10.4 Å². The van der Waals surface area contributed by atoms with Crippen molar-refractivity contribution in [2.75, 3.05) is 5.32 Å². The summed E-state index contributed by atoms with van der Waals surface area (Å²) >= 11 is 6.48. The molecule has 100 valence electrons. The number of carbonyl (C=O) groups is 3. The molecule has 0 saturated carbocycles. The van der Waals surface area contributed by atoms with Crippen LogP contribution in [0.2, 0.25) is 0 Å². The van der Waals surface area contributed by atoms with Crippen molar-refractivity contribution in [3.8, 4) is 0 Å². The van der Waals surface area contributed by atoms with Crippen molar-refractivity contribution in [1.29, 1.82) is 0 Å². The molecule has 0 atom stereocenters. The molecular weight excluding hydrogens is 384 g/mol. The van der Waals surface area contributed by atoms with Gasteiger partial charge in [-0.05, 0) is 34.1 Å².